The Morgan fingerprint density at radius 3 is 2.59 bits per heavy atom. The molecule has 4 nitrogen and oxygen atoms in total. The lowest BCUT2D eigenvalue weighted by atomic mass is 9.89. The van der Waals surface area contributed by atoms with Gasteiger partial charge in [-0.15, -0.1) is 0 Å². The molecule has 0 rings (SSSR count). The maximum absolute atomic E-state index is 11.5. The van der Waals surface area contributed by atoms with Crippen molar-refractivity contribution in [1.29, 1.82) is 5.26 Å². The highest BCUT2D eigenvalue weighted by Gasteiger charge is 2.32. The van der Waals surface area contributed by atoms with E-state index in [1.54, 1.807) is 0 Å². The summed E-state index contributed by atoms with van der Waals surface area (Å²) in [6, 6.07) is 2.11. The van der Waals surface area contributed by atoms with Gasteiger partial charge in [0.15, 0.2) is 0 Å². The third kappa shape index (κ3) is 6.28. The van der Waals surface area contributed by atoms with Gasteiger partial charge in [0.25, 0.3) is 0 Å². The number of nitriles is 1. The molecule has 0 aromatic heterocycles. The zero-order valence-electron chi connectivity index (χ0n) is 11.1. The molecule has 0 fully saturated rings. The van der Waals surface area contributed by atoms with Crippen LogP contribution in [0.15, 0.2) is 0 Å². The van der Waals surface area contributed by atoms with E-state index in [1.165, 1.54) is 7.11 Å². The van der Waals surface area contributed by atoms with Crippen LogP contribution in [0, 0.1) is 16.7 Å². The Labute approximate surface area is 104 Å². The molecular weight excluding hydrogens is 218 g/mol. The van der Waals surface area contributed by atoms with Gasteiger partial charge < -0.3 is 9.47 Å². The molecule has 1 unspecified atom stereocenters. The summed E-state index contributed by atoms with van der Waals surface area (Å²) in [5, 5.41) is 8.36. The Kier molecular flexibility index (Phi) is 8.43. The summed E-state index contributed by atoms with van der Waals surface area (Å²) < 4.78 is 10.3. The number of hydrogen-bond donors (Lipinski definition) is 0. The van der Waals surface area contributed by atoms with E-state index in [0.29, 0.717) is 26.1 Å². The Hall–Kier alpha value is -1.08. The number of nitrogens with zero attached hydrogens (tertiary/aromatic N) is 1. The molecule has 0 aromatic rings. The molecule has 98 valence electrons. The minimum atomic E-state index is -0.540. The first-order valence-corrected chi connectivity index (χ1v) is 6.14. The fourth-order valence-electron chi connectivity index (χ4n) is 1.43. The first-order chi connectivity index (χ1) is 8.10. The summed E-state index contributed by atoms with van der Waals surface area (Å²) in [6.07, 6.45) is 4.15. The van der Waals surface area contributed by atoms with Crippen LogP contribution in [0.1, 0.15) is 46.0 Å². The Morgan fingerprint density at radius 1 is 1.35 bits per heavy atom. The van der Waals surface area contributed by atoms with Gasteiger partial charge in [-0.3, -0.25) is 4.79 Å². The monoisotopic (exact) mass is 241 g/mol. The molecule has 0 aliphatic heterocycles. The van der Waals surface area contributed by atoms with Crippen molar-refractivity contribution in [3.63, 3.8) is 0 Å². The molecule has 0 saturated carbocycles. The van der Waals surface area contributed by atoms with Crippen molar-refractivity contribution in [3.8, 4) is 6.07 Å². The number of unbranched alkanes of at least 4 members (excludes halogenated alkanes) is 3. The standard InChI is InChI=1S/C13H23NO3/c1-4-13(2,12(15)16-3)11-17-10-8-6-5-7-9-14/h4-8,10-11H2,1-3H3. The number of carbonyl (C=O) groups is 1. The molecule has 0 aliphatic rings. The van der Waals surface area contributed by atoms with Gasteiger partial charge in [0.1, 0.15) is 0 Å². The minimum Gasteiger partial charge on any atom is -0.469 e. The molecule has 0 spiro atoms. The molecular formula is C13H23NO3. The highest BCUT2D eigenvalue weighted by molar-refractivity contribution is 5.76. The molecule has 4 heteroatoms. The van der Waals surface area contributed by atoms with Gasteiger partial charge in [0.2, 0.25) is 0 Å². The lowest BCUT2D eigenvalue weighted by Gasteiger charge is -2.24. The number of ether oxygens (including phenoxy) is 2. The second kappa shape index (κ2) is 9.00. The molecule has 0 bridgehead atoms. The molecule has 0 heterocycles. The fraction of sp³-hybridized carbons (Fsp3) is 0.846. The van der Waals surface area contributed by atoms with E-state index >= 15 is 0 Å². The highest BCUT2D eigenvalue weighted by Crippen LogP contribution is 2.23. The second-order valence-electron chi connectivity index (χ2n) is 4.43. The number of rotatable bonds is 9. The van der Waals surface area contributed by atoms with Crippen LogP contribution in [-0.4, -0.2) is 26.3 Å². The smallest absolute Gasteiger partial charge is 0.313 e. The van der Waals surface area contributed by atoms with Crippen molar-refractivity contribution in [1.82, 2.24) is 0 Å². The van der Waals surface area contributed by atoms with E-state index in [9.17, 15) is 4.79 Å². The molecule has 0 N–H and O–H groups in total. The average Bonchev–Trinajstić information content (AvgIpc) is 2.36. The van der Waals surface area contributed by atoms with Crippen LogP contribution in [0.5, 0.6) is 0 Å². The summed E-state index contributed by atoms with van der Waals surface area (Å²) in [5.74, 6) is -0.218. The van der Waals surface area contributed by atoms with Gasteiger partial charge >= 0.3 is 5.97 Å². The van der Waals surface area contributed by atoms with Gasteiger partial charge in [0.05, 0.1) is 25.2 Å². The normalized spacial score (nSPS) is 13.8. The van der Waals surface area contributed by atoms with Crippen molar-refractivity contribution in [2.75, 3.05) is 20.3 Å². The van der Waals surface area contributed by atoms with E-state index in [4.69, 9.17) is 14.7 Å². The summed E-state index contributed by atoms with van der Waals surface area (Å²) in [4.78, 5) is 11.5. The highest BCUT2D eigenvalue weighted by atomic mass is 16.5. The fourth-order valence-corrected chi connectivity index (χ4v) is 1.43. The van der Waals surface area contributed by atoms with E-state index in [2.05, 4.69) is 6.07 Å². The topological polar surface area (TPSA) is 59.3 Å². The lowest BCUT2D eigenvalue weighted by Crippen LogP contribution is -2.33. The molecule has 0 aliphatic carbocycles. The minimum absolute atomic E-state index is 0.218. The van der Waals surface area contributed by atoms with Crippen LogP contribution >= 0.6 is 0 Å². The molecule has 0 radical (unpaired) electrons. The van der Waals surface area contributed by atoms with Crippen molar-refractivity contribution >= 4 is 5.97 Å². The van der Waals surface area contributed by atoms with Gasteiger partial charge in [-0.05, 0) is 26.2 Å². The summed E-state index contributed by atoms with van der Waals surface area (Å²) >= 11 is 0. The van der Waals surface area contributed by atoms with Crippen LogP contribution in [-0.2, 0) is 14.3 Å². The van der Waals surface area contributed by atoms with Crippen LogP contribution in [0.4, 0.5) is 0 Å². The zero-order valence-corrected chi connectivity index (χ0v) is 11.1. The number of hydrogen-bond acceptors (Lipinski definition) is 4. The van der Waals surface area contributed by atoms with Crippen LogP contribution in [0.2, 0.25) is 0 Å². The van der Waals surface area contributed by atoms with Gasteiger partial charge in [0, 0.05) is 13.0 Å². The summed E-state index contributed by atoms with van der Waals surface area (Å²) in [7, 11) is 1.40. The van der Waals surface area contributed by atoms with Crippen molar-refractivity contribution in [2.45, 2.75) is 46.0 Å². The predicted molar refractivity (Wildman–Crippen MR) is 65.3 cm³/mol. The van der Waals surface area contributed by atoms with Crippen molar-refractivity contribution in [2.24, 2.45) is 5.41 Å². The summed E-state index contributed by atoms with van der Waals surface area (Å²) in [6.45, 7) is 4.84. The maximum atomic E-state index is 11.5. The molecule has 17 heavy (non-hydrogen) atoms. The Bertz CT molecular complexity index is 260. The average molecular weight is 241 g/mol. The van der Waals surface area contributed by atoms with Crippen LogP contribution in [0.3, 0.4) is 0 Å². The number of esters is 1. The quantitative estimate of drug-likeness (QED) is 0.460. The van der Waals surface area contributed by atoms with Crippen molar-refractivity contribution in [3.05, 3.63) is 0 Å². The maximum Gasteiger partial charge on any atom is 0.313 e. The lowest BCUT2D eigenvalue weighted by molar-refractivity contribution is -0.155. The first kappa shape index (κ1) is 15.9. The van der Waals surface area contributed by atoms with Gasteiger partial charge in [-0.1, -0.05) is 13.3 Å². The molecule has 1 atom stereocenters. The zero-order chi connectivity index (χ0) is 13.1. The SMILES string of the molecule is CCC(C)(COCCCCCC#N)C(=O)OC. The van der Waals surface area contributed by atoms with Gasteiger partial charge in [-0.2, -0.15) is 5.26 Å². The third-order valence-corrected chi connectivity index (χ3v) is 2.96. The third-order valence-electron chi connectivity index (χ3n) is 2.96. The van der Waals surface area contributed by atoms with E-state index in [0.717, 1.165) is 19.3 Å². The van der Waals surface area contributed by atoms with Gasteiger partial charge in [-0.25, -0.2) is 0 Å². The second-order valence-corrected chi connectivity index (χ2v) is 4.43. The molecule has 0 amide bonds. The van der Waals surface area contributed by atoms with E-state index in [1.807, 2.05) is 13.8 Å². The van der Waals surface area contributed by atoms with E-state index < -0.39 is 5.41 Å². The van der Waals surface area contributed by atoms with E-state index in [-0.39, 0.29) is 5.97 Å². The molecule has 0 saturated heterocycles. The van der Waals surface area contributed by atoms with Crippen LogP contribution in [0.25, 0.3) is 0 Å². The Balaban J connectivity index is 3.71. The number of methoxy groups -OCH3 is 1. The molecule has 0 aromatic carbocycles. The summed E-state index contributed by atoms with van der Waals surface area (Å²) in [5.41, 5.74) is -0.540. The Morgan fingerprint density at radius 2 is 2.06 bits per heavy atom. The van der Waals surface area contributed by atoms with Crippen LogP contribution < -0.4 is 0 Å². The predicted octanol–water partition coefficient (Wildman–Crippen LogP) is 2.68. The number of carbonyl (C=O) groups excluding carboxylic acids is 1. The van der Waals surface area contributed by atoms with Crippen molar-refractivity contribution < 1.29 is 14.3 Å². The first-order valence-electron chi connectivity index (χ1n) is 6.14. The largest absolute Gasteiger partial charge is 0.469 e.